The highest BCUT2D eigenvalue weighted by atomic mass is 19.1. The van der Waals surface area contributed by atoms with Crippen LogP contribution in [0.3, 0.4) is 0 Å². The summed E-state index contributed by atoms with van der Waals surface area (Å²) >= 11 is 0. The van der Waals surface area contributed by atoms with Gasteiger partial charge in [0.1, 0.15) is 17.7 Å². The Morgan fingerprint density at radius 1 is 1.02 bits per heavy atom. The Bertz CT molecular complexity index is 1740. The van der Waals surface area contributed by atoms with E-state index in [4.69, 9.17) is 0 Å². The molecule has 3 aliphatic rings. The van der Waals surface area contributed by atoms with Gasteiger partial charge in [-0.25, -0.2) is 18.2 Å². The monoisotopic (exact) mass is 540 g/mol. The molecule has 3 saturated carbocycles. The molecule has 9 heteroatoms. The number of hydrogen-bond donors (Lipinski definition) is 3. The summed E-state index contributed by atoms with van der Waals surface area (Å²) in [7, 11) is 0. The Kier molecular flexibility index (Phi) is 6.43. The van der Waals surface area contributed by atoms with Crippen LogP contribution in [0.5, 0.6) is 0 Å². The fourth-order valence-electron chi connectivity index (χ4n) is 6.26. The van der Waals surface area contributed by atoms with E-state index >= 15 is 4.39 Å². The van der Waals surface area contributed by atoms with E-state index in [1.807, 2.05) is 12.1 Å². The van der Waals surface area contributed by atoms with Gasteiger partial charge < -0.3 is 15.4 Å². The number of pyridine rings is 1. The molecule has 2 aromatic heterocycles. The lowest BCUT2D eigenvalue weighted by atomic mass is 9.61. The molecule has 0 radical (unpaired) electrons. The van der Waals surface area contributed by atoms with E-state index < -0.39 is 35.4 Å². The second-order valence-corrected chi connectivity index (χ2v) is 10.3. The highest BCUT2D eigenvalue weighted by Gasteiger charge is 2.47. The van der Waals surface area contributed by atoms with E-state index in [0.29, 0.717) is 5.56 Å². The van der Waals surface area contributed by atoms with Crippen molar-refractivity contribution in [2.45, 2.75) is 31.7 Å². The number of hydrogen-bond acceptors (Lipinski definition) is 4. The number of carboxylic acid groups (broad SMARTS) is 1. The van der Waals surface area contributed by atoms with Crippen LogP contribution in [0.1, 0.15) is 42.4 Å². The molecule has 0 spiro atoms. The third-order valence-corrected chi connectivity index (χ3v) is 8.12. The van der Waals surface area contributed by atoms with Crippen molar-refractivity contribution in [1.29, 1.82) is 5.26 Å². The van der Waals surface area contributed by atoms with Gasteiger partial charge in [0.25, 0.3) is 0 Å². The van der Waals surface area contributed by atoms with Crippen molar-refractivity contribution < 1.29 is 23.1 Å². The minimum absolute atomic E-state index is 0.00775. The molecule has 3 aliphatic carbocycles. The maximum Gasteiger partial charge on any atom is 0.308 e. The highest BCUT2D eigenvalue weighted by Crippen LogP contribution is 2.47. The molecule has 2 atom stereocenters. The molecule has 0 amide bonds. The molecule has 2 bridgehead atoms. The summed E-state index contributed by atoms with van der Waals surface area (Å²) in [5.41, 5.74) is 0.331. The molecule has 4 aromatic rings. The Balaban J connectivity index is 1.56. The Morgan fingerprint density at radius 2 is 1.75 bits per heavy atom. The fraction of sp³-hybridized carbons (Fsp3) is 0.258. The van der Waals surface area contributed by atoms with Crippen molar-refractivity contribution in [1.82, 2.24) is 9.97 Å². The maximum atomic E-state index is 16.2. The molecule has 0 unspecified atom stereocenters. The van der Waals surface area contributed by atoms with Crippen LogP contribution >= 0.6 is 0 Å². The van der Waals surface area contributed by atoms with Crippen LogP contribution in [-0.4, -0.2) is 27.1 Å². The molecule has 40 heavy (non-hydrogen) atoms. The van der Waals surface area contributed by atoms with Crippen molar-refractivity contribution in [2.75, 3.05) is 5.32 Å². The molecule has 6 nitrogen and oxygen atoms in total. The Hall–Kier alpha value is -4.76. The van der Waals surface area contributed by atoms with Crippen LogP contribution in [-0.2, 0) is 4.79 Å². The van der Waals surface area contributed by atoms with E-state index in [0.717, 1.165) is 37.8 Å². The van der Waals surface area contributed by atoms with Gasteiger partial charge in [0.05, 0.1) is 28.3 Å². The molecular formula is C31H23F3N4O2. The van der Waals surface area contributed by atoms with Crippen molar-refractivity contribution in [3.05, 3.63) is 82.8 Å². The molecule has 2 heterocycles. The molecule has 3 fully saturated rings. The number of carboxylic acids is 1. The van der Waals surface area contributed by atoms with Gasteiger partial charge in [0.15, 0.2) is 11.6 Å². The number of halogens is 3. The number of H-pyrrole nitrogens is 1. The smallest absolute Gasteiger partial charge is 0.308 e. The molecular weight excluding hydrogens is 517 g/mol. The van der Waals surface area contributed by atoms with Crippen LogP contribution in [0.25, 0.3) is 22.2 Å². The van der Waals surface area contributed by atoms with Crippen LogP contribution in [0.4, 0.5) is 19.0 Å². The van der Waals surface area contributed by atoms with Gasteiger partial charge in [-0.1, -0.05) is 30.0 Å². The summed E-state index contributed by atoms with van der Waals surface area (Å²) in [5.74, 6) is 1.17. The van der Waals surface area contributed by atoms with Gasteiger partial charge in [0, 0.05) is 34.8 Å². The van der Waals surface area contributed by atoms with Gasteiger partial charge in [0.2, 0.25) is 0 Å². The van der Waals surface area contributed by atoms with Crippen LogP contribution in [0.2, 0.25) is 0 Å². The summed E-state index contributed by atoms with van der Waals surface area (Å²) in [6, 6.07) is 12.1. The first-order valence-electron chi connectivity index (χ1n) is 13.0. The molecule has 2 aromatic carbocycles. The van der Waals surface area contributed by atoms with Crippen LogP contribution in [0.15, 0.2) is 48.7 Å². The summed E-state index contributed by atoms with van der Waals surface area (Å²) in [5, 5.41) is 23.3. The van der Waals surface area contributed by atoms with Crippen LogP contribution in [0, 0.1) is 58.4 Å². The predicted octanol–water partition coefficient (Wildman–Crippen LogP) is 6.22. The number of anilines is 1. The van der Waals surface area contributed by atoms with E-state index in [-0.39, 0.29) is 50.9 Å². The van der Waals surface area contributed by atoms with E-state index in [1.165, 1.54) is 6.20 Å². The largest absolute Gasteiger partial charge is 0.481 e. The number of aliphatic carboxylic acids is 1. The third kappa shape index (κ3) is 4.34. The lowest BCUT2D eigenvalue weighted by molar-refractivity contribution is -0.148. The van der Waals surface area contributed by atoms with Crippen molar-refractivity contribution in [2.24, 2.45) is 17.8 Å². The number of fused-ring (bicyclic) bond motifs is 4. The minimum Gasteiger partial charge on any atom is -0.481 e. The topological polar surface area (TPSA) is 102 Å². The first-order valence-corrected chi connectivity index (χ1v) is 13.0. The molecule has 3 N–H and O–H groups in total. The summed E-state index contributed by atoms with van der Waals surface area (Å²) in [6.07, 6.45) is 4.62. The molecule has 0 aliphatic heterocycles. The number of nitrogens with one attached hydrogen (secondary N) is 2. The van der Waals surface area contributed by atoms with E-state index in [9.17, 15) is 23.9 Å². The van der Waals surface area contributed by atoms with Gasteiger partial charge in [-0.3, -0.25) is 4.79 Å². The van der Waals surface area contributed by atoms with E-state index in [1.54, 1.807) is 24.3 Å². The average molecular weight is 541 g/mol. The minimum atomic E-state index is -0.951. The zero-order valence-corrected chi connectivity index (χ0v) is 21.1. The summed E-state index contributed by atoms with van der Waals surface area (Å²) < 4.78 is 44.9. The SMILES string of the molecule is N#Cc1c(-c2c[nH]c3c(F)cc(F)cc23)nc(N[C@H]2C3CCC(CC3)[C@@H]2C(=O)O)c(F)c1C#Cc1ccccc1. The maximum absolute atomic E-state index is 16.2. The zero-order chi connectivity index (χ0) is 28.0. The highest BCUT2D eigenvalue weighted by molar-refractivity contribution is 5.97. The molecule has 0 saturated heterocycles. The first kappa shape index (κ1) is 25.5. The Labute approximate surface area is 227 Å². The fourth-order valence-corrected chi connectivity index (χ4v) is 6.26. The third-order valence-electron chi connectivity index (χ3n) is 8.12. The van der Waals surface area contributed by atoms with Crippen LogP contribution < -0.4 is 5.32 Å². The number of aromatic amines is 1. The van der Waals surface area contributed by atoms with Gasteiger partial charge >= 0.3 is 5.97 Å². The second kappa shape index (κ2) is 10.1. The Morgan fingerprint density at radius 3 is 2.45 bits per heavy atom. The standard InChI is InChI=1S/C31H23F3N4O2/c32-19-12-21-23(15-36-29(21)24(33)13-19)28-22(14-35)20(11-6-16-4-2-1-3-5-16)26(34)30(38-28)37-27-18-9-7-17(8-10-18)25(27)31(39)40/h1-5,12-13,15,17-18,25,27,36H,7-10H2,(H,37,38)(H,39,40)/t17?,18?,25-,27-/m0/s1. The number of aromatic nitrogens is 2. The van der Waals surface area contributed by atoms with Gasteiger partial charge in [-0.05, 0) is 55.7 Å². The lowest BCUT2D eigenvalue weighted by Gasteiger charge is -2.47. The molecule has 7 rings (SSSR count). The normalized spacial score (nSPS) is 21.4. The van der Waals surface area contributed by atoms with Crippen molar-refractivity contribution in [3.63, 3.8) is 0 Å². The second-order valence-electron chi connectivity index (χ2n) is 10.3. The lowest BCUT2D eigenvalue weighted by Crippen LogP contribution is -2.51. The molecule has 200 valence electrons. The van der Waals surface area contributed by atoms with Crippen molar-refractivity contribution in [3.8, 4) is 29.2 Å². The van der Waals surface area contributed by atoms with Gasteiger partial charge in [-0.2, -0.15) is 5.26 Å². The predicted molar refractivity (Wildman–Crippen MR) is 143 cm³/mol. The average Bonchev–Trinajstić information content (AvgIpc) is 3.38. The number of carbonyl (C=O) groups is 1. The number of nitriles is 1. The first-order chi connectivity index (χ1) is 19.4. The van der Waals surface area contributed by atoms with Gasteiger partial charge in [-0.15, -0.1) is 0 Å². The van der Waals surface area contributed by atoms with Crippen molar-refractivity contribution >= 4 is 22.7 Å². The zero-order valence-electron chi connectivity index (χ0n) is 21.1. The summed E-state index contributed by atoms with van der Waals surface area (Å²) in [6.45, 7) is 0. The number of nitrogens with zero attached hydrogens (tertiary/aromatic N) is 2. The number of rotatable bonds is 4. The van der Waals surface area contributed by atoms with E-state index in [2.05, 4.69) is 27.1 Å². The summed E-state index contributed by atoms with van der Waals surface area (Å²) in [4.78, 5) is 19.4. The quantitative estimate of drug-likeness (QED) is 0.267. The number of benzene rings is 2.